The molecule has 0 aliphatic carbocycles. The molecule has 0 aliphatic heterocycles. The van der Waals surface area contributed by atoms with Gasteiger partial charge in [0.25, 0.3) is 11.5 Å². The maximum Gasteiger partial charge on any atom is 0.271 e. The summed E-state index contributed by atoms with van der Waals surface area (Å²) in [7, 11) is 0. The van der Waals surface area contributed by atoms with Crippen molar-refractivity contribution in [2.75, 3.05) is 0 Å². The fraction of sp³-hybridized carbons (Fsp3) is 0.158. The number of aromatic nitrogens is 1. The van der Waals surface area contributed by atoms with Gasteiger partial charge in [0.15, 0.2) is 0 Å². The molecule has 0 spiro atoms. The average Bonchev–Trinajstić information content (AvgIpc) is 2.60. The van der Waals surface area contributed by atoms with Crippen LogP contribution in [0.3, 0.4) is 0 Å². The van der Waals surface area contributed by atoms with Gasteiger partial charge in [0.2, 0.25) is 0 Å². The lowest BCUT2D eigenvalue weighted by Crippen LogP contribution is -2.12. The van der Waals surface area contributed by atoms with E-state index in [2.05, 4.69) is 4.98 Å². The van der Waals surface area contributed by atoms with Crippen molar-refractivity contribution in [1.29, 1.82) is 5.26 Å². The number of aromatic amines is 1. The number of halogens is 4. The first-order valence-corrected chi connectivity index (χ1v) is 9.13. The van der Waals surface area contributed by atoms with E-state index in [9.17, 15) is 18.0 Å². The Morgan fingerprint density at radius 2 is 2.00 bits per heavy atom. The van der Waals surface area contributed by atoms with E-state index in [1.807, 2.05) is 6.07 Å². The van der Waals surface area contributed by atoms with E-state index in [1.54, 1.807) is 6.07 Å². The lowest BCUT2D eigenvalue weighted by molar-refractivity contribution is 0.0175. The number of nitrogens with one attached hydrogen (secondary N) is 1. The number of thioether (sulfide) groups is 1. The number of hydrogen-bond acceptors (Lipinski definition) is 3. The van der Waals surface area contributed by atoms with Crippen molar-refractivity contribution in [3.63, 3.8) is 0 Å². The van der Waals surface area contributed by atoms with Crippen LogP contribution in [0.5, 0.6) is 0 Å². The van der Waals surface area contributed by atoms with E-state index < -0.39 is 17.3 Å². The molecule has 2 aromatic carbocycles. The molecule has 1 heterocycles. The molecule has 0 saturated carbocycles. The molecule has 0 bridgehead atoms. The van der Waals surface area contributed by atoms with Gasteiger partial charge in [-0.15, -0.1) is 11.8 Å². The van der Waals surface area contributed by atoms with Crippen LogP contribution in [-0.4, -0.2) is 4.98 Å². The maximum absolute atomic E-state index is 13.7. The number of fused-ring (bicyclic) bond motifs is 1. The highest BCUT2D eigenvalue weighted by Gasteiger charge is 2.28. The van der Waals surface area contributed by atoms with Crippen molar-refractivity contribution in [3.8, 4) is 6.07 Å². The number of nitriles is 1. The van der Waals surface area contributed by atoms with Crippen molar-refractivity contribution in [3.05, 3.63) is 74.3 Å². The Kier molecular flexibility index (Phi) is 5.22. The van der Waals surface area contributed by atoms with Gasteiger partial charge in [0.05, 0.1) is 10.0 Å². The molecule has 3 rings (SSSR count). The van der Waals surface area contributed by atoms with Gasteiger partial charge in [-0.25, -0.2) is 13.2 Å². The van der Waals surface area contributed by atoms with E-state index in [4.69, 9.17) is 16.9 Å². The van der Waals surface area contributed by atoms with Gasteiger partial charge in [-0.2, -0.15) is 5.26 Å². The average molecular weight is 409 g/mol. The SMILES string of the molecule is CC(F)(F)c1cccc(CSc2[nH]c(=O)c(C#N)c3ccc(F)cc23)c1Cl. The van der Waals surface area contributed by atoms with Crippen LogP contribution in [0.4, 0.5) is 13.2 Å². The van der Waals surface area contributed by atoms with E-state index in [0.717, 1.165) is 18.7 Å². The molecule has 27 heavy (non-hydrogen) atoms. The third kappa shape index (κ3) is 3.82. The molecule has 1 N–H and O–H groups in total. The second kappa shape index (κ2) is 7.29. The molecule has 138 valence electrons. The third-order valence-electron chi connectivity index (χ3n) is 3.99. The number of benzene rings is 2. The van der Waals surface area contributed by atoms with Gasteiger partial charge < -0.3 is 4.98 Å². The Hall–Kier alpha value is -2.43. The Labute approximate surface area is 161 Å². The molecule has 8 heteroatoms. The topological polar surface area (TPSA) is 56.6 Å². The van der Waals surface area contributed by atoms with Crippen molar-refractivity contribution in [2.24, 2.45) is 0 Å². The van der Waals surface area contributed by atoms with E-state index in [-0.39, 0.29) is 21.9 Å². The highest BCUT2D eigenvalue weighted by molar-refractivity contribution is 7.98. The predicted octanol–water partition coefficient (Wildman–Crippen LogP) is 5.60. The number of hydrogen-bond donors (Lipinski definition) is 1. The summed E-state index contributed by atoms with van der Waals surface area (Å²) in [5.41, 5.74) is -0.541. The standard InChI is InChI=1S/C19H12ClF3N2OS/c1-19(22,23)15-4-2-3-10(16(15)20)9-27-18-13-7-11(21)5-6-12(13)14(8-24)17(26)25-18/h2-7H,9H2,1H3,(H,25,26). The highest BCUT2D eigenvalue weighted by Crippen LogP contribution is 2.37. The summed E-state index contributed by atoms with van der Waals surface area (Å²) in [6.45, 7) is 0.763. The Morgan fingerprint density at radius 1 is 1.26 bits per heavy atom. The third-order valence-corrected chi connectivity index (χ3v) is 5.50. The minimum atomic E-state index is -3.09. The predicted molar refractivity (Wildman–Crippen MR) is 99.8 cm³/mol. The number of pyridine rings is 1. The zero-order valence-corrected chi connectivity index (χ0v) is 15.5. The number of rotatable bonds is 4. The summed E-state index contributed by atoms with van der Waals surface area (Å²) in [6, 6.07) is 9.90. The van der Waals surface area contributed by atoms with E-state index in [0.29, 0.717) is 21.4 Å². The molecule has 1 aromatic heterocycles. The quantitative estimate of drug-likeness (QED) is 0.572. The number of nitrogens with zero attached hydrogens (tertiary/aromatic N) is 1. The maximum atomic E-state index is 13.7. The molecular formula is C19H12ClF3N2OS. The van der Waals surface area contributed by atoms with Crippen LogP contribution in [-0.2, 0) is 11.7 Å². The fourth-order valence-electron chi connectivity index (χ4n) is 2.68. The number of H-pyrrole nitrogens is 1. The van der Waals surface area contributed by atoms with E-state index in [1.165, 1.54) is 30.3 Å². The van der Waals surface area contributed by atoms with Crippen molar-refractivity contribution >= 4 is 34.1 Å². The second-order valence-electron chi connectivity index (χ2n) is 5.92. The largest absolute Gasteiger partial charge is 0.315 e. The summed E-state index contributed by atoms with van der Waals surface area (Å²) in [5.74, 6) is -3.43. The minimum absolute atomic E-state index is 0.0519. The molecule has 0 unspecified atom stereocenters. The van der Waals surface area contributed by atoms with Crippen LogP contribution in [0.25, 0.3) is 10.8 Å². The van der Waals surface area contributed by atoms with Gasteiger partial charge in [-0.05, 0) is 23.8 Å². The summed E-state index contributed by atoms with van der Waals surface area (Å²) in [4.78, 5) is 14.7. The zero-order chi connectivity index (χ0) is 19.8. The molecule has 3 nitrogen and oxygen atoms in total. The van der Waals surface area contributed by atoms with Gasteiger partial charge in [0, 0.05) is 29.0 Å². The zero-order valence-electron chi connectivity index (χ0n) is 13.9. The van der Waals surface area contributed by atoms with Crippen LogP contribution in [0, 0.1) is 17.1 Å². The Balaban J connectivity index is 2.03. The number of alkyl halides is 2. The first-order valence-electron chi connectivity index (χ1n) is 7.76. The molecular weight excluding hydrogens is 397 g/mol. The van der Waals surface area contributed by atoms with Crippen LogP contribution in [0.1, 0.15) is 23.6 Å². The van der Waals surface area contributed by atoms with Crippen LogP contribution in [0.15, 0.2) is 46.2 Å². The van der Waals surface area contributed by atoms with Crippen LogP contribution in [0.2, 0.25) is 5.02 Å². The Bertz CT molecular complexity index is 1130. The molecule has 0 atom stereocenters. The van der Waals surface area contributed by atoms with Crippen LogP contribution >= 0.6 is 23.4 Å². The second-order valence-corrected chi connectivity index (χ2v) is 7.28. The van der Waals surface area contributed by atoms with Crippen molar-refractivity contribution < 1.29 is 13.2 Å². The molecule has 0 aliphatic rings. The molecule has 3 aromatic rings. The monoisotopic (exact) mass is 408 g/mol. The summed E-state index contributed by atoms with van der Waals surface area (Å²) in [6.07, 6.45) is 0. The minimum Gasteiger partial charge on any atom is -0.315 e. The highest BCUT2D eigenvalue weighted by atomic mass is 35.5. The normalized spacial score (nSPS) is 11.6. The van der Waals surface area contributed by atoms with Gasteiger partial charge in [0.1, 0.15) is 17.4 Å². The van der Waals surface area contributed by atoms with Gasteiger partial charge in [-0.1, -0.05) is 29.8 Å². The molecule has 0 saturated heterocycles. The molecule has 0 radical (unpaired) electrons. The van der Waals surface area contributed by atoms with Crippen LogP contribution < -0.4 is 5.56 Å². The van der Waals surface area contributed by atoms with Gasteiger partial charge >= 0.3 is 0 Å². The van der Waals surface area contributed by atoms with Crippen molar-refractivity contribution in [2.45, 2.75) is 23.6 Å². The lowest BCUT2D eigenvalue weighted by Gasteiger charge is -2.15. The van der Waals surface area contributed by atoms with Crippen molar-refractivity contribution in [1.82, 2.24) is 4.98 Å². The molecule has 0 fully saturated rings. The van der Waals surface area contributed by atoms with E-state index >= 15 is 0 Å². The summed E-state index contributed by atoms with van der Waals surface area (Å²) >= 11 is 7.23. The molecule has 0 amide bonds. The smallest absolute Gasteiger partial charge is 0.271 e. The first-order chi connectivity index (χ1) is 12.7. The lowest BCUT2D eigenvalue weighted by atomic mass is 10.1. The summed E-state index contributed by atoms with van der Waals surface area (Å²) < 4.78 is 40.9. The van der Waals surface area contributed by atoms with Gasteiger partial charge in [-0.3, -0.25) is 4.79 Å². The summed E-state index contributed by atoms with van der Waals surface area (Å²) in [5, 5.41) is 10.1. The Morgan fingerprint density at radius 3 is 2.67 bits per heavy atom. The fourth-order valence-corrected chi connectivity index (χ4v) is 4.15. The first kappa shape index (κ1) is 19.3.